The monoisotopic (exact) mass is 322 g/mol. The minimum atomic E-state index is 0.0648. The van der Waals surface area contributed by atoms with Crippen LogP contribution in [-0.2, 0) is 0 Å². The lowest BCUT2D eigenvalue weighted by Crippen LogP contribution is -2.09. The summed E-state index contributed by atoms with van der Waals surface area (Å²) in [6, 6.07) is 12.2. The summed E-state index contributed by atoms with van der Waals surface area (Å²) in [6.07, 6.45) is 13.7. The molecule has 0 aliphatic rings. The molecule has 5 heteroatoms. The lowest BCUT2D eigenvalue weighted by Gasteiger charge is -2.18. The molecule has 0 saturated carbocycles. The number of halogens is 1. The molecule has 1 aromatic carbocycles. The Morgan fingerprint density at radius 3 is 2.57 bits per heavy atom. The molecule has 23 heavy (non-hydrogen) atoms. The van der Waals surface area contributed by atoms with Gasteiger partial charge in [0.1, 0.15) is 0 Å². The number of nitrogens with zero attached hydrogens (tertiary/aromatic N) is 3. The Balaban J connectivity index is 1.78. The van der Waals surface area contributed by atoms with Crippen molar-refractivity contribution in [1.82, 2.24) is 19.1 Å². The van der Waals surface area contributed by atoms with Crippen LogP contribution < -0.4 is 0 Å². The van der Waals surface area contributed by atoms with E-state index in [9.17, 15) is 0 Å². The Bertz CT molecular complexity index is 874. The van der Waals surface area contributed by atoms with Crippen molar-refractivity contribution in [3.63, 3.8) is 0 Å². The number of hydrogen-bond donors (Lipinski definition) is 1. The molecule has 4 aromatic rings. The fourth-order valence-corrected chi connectivity index (χ4v) is 2.94. The zero-order valence-electron chi connectivity index (χ0n) is 12.3. The van der Waals surface area contributed by atoms with Crippen molar-refractivity contribution in [2.45, 2.75) is 6.04 Å². The molecule has 1 atom stereocenters. The number of nitrogens with one attached hydrogen (secondary N) is 1. The van der Waals surface area contributed by atoms with Crippen molar-refractivity contribution in [2.75, 3.05) is 0 Å². The summed E-state index contributed by atoms with van der Waals surface area (Å²) < 4.78 is 4.20. The van der Waals surface area contributed by atoms with E-state index < -0.39 is 0 Å². The van der Waals surface area contributed by atoms with Crippen LogP contribution in [0.5, 0.6) is 0 Å². The van der Waals surface area contributed by atoms with Crippen LogP contribution in [0.15, 0.2) is 79.9 Å². The van der Waals surface area contributed by atoms with Crippen LogP contribution in [0, 0.1) is 0 Å². The molecule has 1 N–H and O–H groups in total. The summed E-state index contributed by atoms with van der Waals surface area (Å²) in [4.78, 5) is 7.27. The van der Waals surface area contributed by atoms with Crippen LogP contribution >= 0.6 is 11.6 Å². The van der Waals surface area contributed by atoms with Crippen LogP contribution in [0.25, 0.3) is 5.69 Å². The molecule has 0 aliphatic carbocycles. The zero-order valence-corrected chi connectivity index (χ0v) is 13.1. The summed E-state index contributed by atoms with van der Waals surface area (Å²) in [5.41, 5.74) is 3.46. The first kappa shape index (κ1) is 13.9. The predicted octanol–water partition coefficient (Wildman–Crippen LogP) is 4.29. The van der Waals surface area contributed by atoms with E-state index in [1.165, 1.54) is 11.1 Å². The molecule has 4 rings (SSSR count). The van der Waals surface area contributed by atoms with E-state index in [1.807, 2.05) is 43.1 Å². The molecule has 0 fully saturated rings. The summed E-state index contributed by atoms with van der Waals surface area (Å²) in [5, 5.41) is 0.739. The van der Waals surface area contributed by atoms with Crippen molar-refractivity contribution < 1.29 is 0 Å². The second-order valence-corrected chi connectivity index (χ2v) is 5.82. The summed E-state index contributed by atoms with van der Waals surface area (Å²) in [7, 11) is 0. The molecule has 114 valence electrons. The Labute approximate surface area is 139 Å². The van der Waals surface area contributed by atoms with Gasteiger partial charge in [0.15, 0.2) is 0 Å². The van der Waals surface area contributed by atoms with E-state index >= 15 is 0 Å². The van der Waals surface area contributed by atoms with Gasteiger partial charge in [0, 0.05) is 42.2 Å². The van der Waals surface area contributed by atoms with Crippen LogP contribution in [0.2, 0.25) is 5.02 Å². The molecule has 3 aromatic heterocycles. The van der Waals surface area contributed by atoms with Gasteiger partial charge >= 0.3 is 0 Å². The van der Waals surface area contributed by atoms with Gasteiger partial charge in [0.2, 0.25) is 0 Å². The Morgan fingerprint density at radius 2 is 1.87 bits per heavy atom. The third-order valence-corrected chi connectivity index (χ3v) is 4.17. The standard InChI is InChI=1S/C18H15ClN4/c19-16-3-1-14(2-4-16)18(23-10-8-21-13-23)15-6-9-22(12-15)17-5-7-20-11-17/h1-13,18,20H. The third kappa shape index (κ3) is 2.69. The maximum Gasteiger partial charge on any atom is 0.0954 e. The van der Waals surface area contributed by atoms with Gasteiger partial charge in [-0.3, -0.25) is 0 Å². The van der Waals surface area contributed by atoms with E-state index in [-0.39, 0.29) is 6.04 Å². The molecule has 0 amide bonds. The SMILES string of the molecule is Clc1ccc(C(c2ccn(-c3cc[nH]c3)c2)n2ccnc2)cc1. The fourth-order valence-electron chi connectivity index (χ4n) is 2.82. The second-order valence-electron chi connectivity index (χ2n) is 5.39. The van der Waals surface area contributed by atoms with E-state index in [0.29, 0.717) is 0 Å². The van der Waals surface area contributed by atoms with Crippen LogP contribution in [-0.4, -0.2) is 19.1 Å². The minimum absolute atomic E-state index is 0.0648. The van der Waals surface area contributed by atoms with Gasteiger partial charge in [-0.1, -0.05) is 23.7 Å². The highest BCUT2D eigenvalue weighted by Crippen LogP contribution is 2.28. The average molecular weight is 323 g/mol. The molecule has 0 aliphatic heterocycles. The van der Waals surface area contributed by atoms with Crippen LogP contribution in [0.3, 0.4) is 0 Å². The number of aromatic amines is 1. The van der Waals surface area contributed by atoms with Gasteiger partial charge < -0.3 is 14.1 Å². The first-order chi connectivity index (χ1) is 11.3. The van der Waals surface area contributed by atoms with Gasteiger partial charge in [-0.05, 0) is 35.4 Å². The van der Waals surface area contributed by atoms with Gasteiger partial charge in [-0.25, -0.2) is 4.98 Å². The molecule has 1 unspecified atom stereocenters. The summed E-state index contributed by atoms with van der Waals surface area (Å²) in [6.45, 7) is 0. The predicted molar refractivity (Wildman–Crippen MR) is 91.0 cm³/mol. The van der Waals surface area contributed by atoms with Gasteiger partial charge in [-0.2, -0.15) is 0 Å². The van der Waals surface area contributed by atoms with Gasteiger partial charge in [-0.15, -0.1) is 0 Å². The van der Waals surface area contributed by atoms with E-state index in [4.69, 9.17) is 11.6 Å². The number of rotatable bonds is 4. The second kappa shape index (κ2) is 5.82. The molecule has 0 bridgehead atoms. The highest BCUT2D eigenvalue weighted by Gasteiger charge is 2.17. The Hall–Kier alpha value is -2.72. The topological polar surface area (TPSA) is 38.5 Å². The highest BCUT2D eigenvalue weighted by atomic mass is 35.5. The molecule has 0 spiro atoms. The Morgan fingerprint density at radius 1 is 1.00 bits per heavy atom. The maximum absolute atomic E-state index is 6.03. The minimum Gasteiger partial charge on any atom is -0.366 e. The summed E-state index contributed by atoms with van der Waals surface area (Å²) >= 11 is 6.03. The van der Waals surface area contributed by atoms with E-state index in [1.54, 1.807) is 6.20 Å². The van der Waals surface area contributed by atoms with Crippen LogP contribution in [0.4, 0.5) is 0 Å². The first-order valence-corrected chi connectivity index (χ1v) is 7.73. The zero-order chi connectivity index (χ0) is 15.6. The number of aromatic nitrogens is 4. The molecule has 4 nitrogen and oxygen atoms in total. The smallest absolute Gasteiger partial charge is 0.0954 e. The third-order valence-electron chi connectivity index (χ3n) is 3.92. The largest absolute Gasteiger partial charge is 0.366 e. The summed E-state index contributed by atoms with van der Waals surface area (Å²) in [5.74, 6) is 0. The first-order valence-electron chi connectivity index (χ1n) is 7.35. The normalized spacial score (nSPS) is 12.4. The van der Waals surface area contributed by atoms with Crippen molar-refractivity contribution >= 4 is 11.6 Å². The van der Waals surface area contributed by atoms with E-state index in [2.05, 4.69) is 49.7 Å². The lowest BCUT2D eigenvalue weighted by atomic mass is 10.0. The molecule has 3 heterocycles. The molecule has 0 saturated heterocycles. The van der Waals surface area contributed by atoms with Crippen molar-refractivity contribution in [3.8, 4) is 5.69 Å². The number of H-pyrrole nitrogens is 1. The quantitative estimate of drug-likeness (QED) is 0.598. The molecule has 0 radical (unpaired) electrons. The number of imidazole rings is 1. The average Bonchev–Trinajstić information content (AvgIpc) is 3.32. The molecular weight excluding hydrogens is 308 g/mol. The van der Waals surface area contributed by atoms with Gasteiger partial charge in [0.25, 0.3) is 0 Å². The fraction of sp³-hybridized carbons (Fsp3) is 0.0556. The lowest BCUT2D eigenvalue weighted by molar-refractivity contribution is 0.676. The van der Waals surface area contributed by atoms with Gasteiger partial charge in [0.05, 0.1) is 18.1 Å². The van der Waals surface area contributed by atoms with Crippen molar-refractivity contribution in [3.05, 3.63) is 96.1 Å². The number of hydrogen-bond acceptors (Lipinski definition) is 1. The van der Waals surface area contributed by atoms with Crippen LogP contribution in [0.1, 0.15) is 17.2 Å². The number of benzene rings is 1. The Kier molecular flexibility index (Phi) is 3.52. The van der Waals surface area contributed by atoms with Crippen molar-refractivity contribution in [1.29, 1.82) is 0 Å². The van der Waals surface area contributed by atoms with E-state index in [0.717, 1.165) is 10.7 Å². The maximum atomic E-state index is 6.03. The van der Waals surface area contributed by atoms with Crippen molar-refractivity contribution in [2.24, 2.45) is 0 Å². The highest BCUT2D eigenvalue weighted by molar-refractivity contribution is 6.30. The molecular formula is C18H15ClN4.